The average molecular weight is 194 g/mol. The molecule has 0 N–H and O–H groups in total. The standard InChI is InChI=1S/C10H14N2S/c1-12(13)9-6-2-4-8-5-3-7-11-10(8)9/h3,5,7,9,13H,2,4,6H2,1H3/t9-/m0/s1. The quantitative estimate of drug-likeness (QED) is 0.690. The number of hydrogen-bond donors (Lipinski definition) is 1. The van der Waals surface area contributed by atoms with Gasteiger partial charge in [-0.1, -0.05) is 18.9 Å². The van der Waals surface area contributed by atoms with Gasteiger partial charge in [0.05, 0.1) is 11.7 Å². The third-order valence-corrected chi connectivity index (χ3v) is 2.90. The van der Waals surface area contributed by atoms with Gasteiger partial charge >= 0.3 is 0 Å². The number of aromatic nitrogens is 1. The number of fused-ring (bicyclic) bond motifs is 1. The van der Waals surface area contributed by atoms with Crippen molar-refractivity contribution in [2.24, 2.45) is 0 Å². The highest BCUT2D eigenvalue weighted by Crippen LogP contribution is 2.32. The zero-order valence-corrected chi connectivity index (χ0v) is 8.67. The van der Waals surface area contributed by atoms with E-state index in [1.165, 1.54) is 30.5 Å². The Kier molecular flexibility index (Phi) is 2.56. The van der Waals surface area contributed by atoms with Crippen LogP contribution in [0.5, 0.6) is 0 Å². The van der Waals surface area contributed by atoms with E-state index in [2.05, 4.69) is 23.9 Å². The maximum Gasteiger partial charge on any atom is 0.0621 e. The zero-order chi connectivity index (χ0) is 9.26. The van der Waals surface area contributed by atoms with Crippen LogP contribution >= 0.6 is 12.8 Å². The summed E-state index contributed by atoms with van der Waals surface area (Å²) in [4.78, 5) is 4.43. The largest absolute Gasteiger partial charge is 0.259 e. The molecule has 0 radical (unpaired) electrons. The van der Waals surface area contributed by atoms with E-state index in [4.69, 9.17) is 0 Å². The molecule has 0 amide bonds. The van der Waals surface area contributed by atoms with E-state index in [0.29, 0.717) is 6.04 Å². The van der Waals surface area contributed by atoms with Crippen molar-refractivity contribution in [3.63, 3.8) is 0 Å². The lowest BCUT2D eigenvalue weighted by Gasteiger charge is -2.28. The second-order valence-corrected chi connectivity index (χ2v) is 4.16. The van der Waals surface area contributed by atoms with Crippen LogP contribution in [0.4, 0.5) is 0 Å². The Morgan fingerprint density at radius 1 is 1.62 bits per heavy atom. The van der Waals surface area contributed by atoms with Gasteiger partial charge in [0.25, 0.3) is 0 Å². The summed E-state index contributed by atoms with van der Waals surface area (Å²) in [6.45, 7) is 0. The molecule has 0 fully saturated rings. The molecule has 1 aromatic rings. The highest BCUT2D eigenvalue weighted by Gasteiger charge is 2.22. The number of thiol groups is 1. The van der Waals surface area contributed by atoms with Gasteiger partial charge in [-0.2, -0.15) is 0 Å². The van der Waals surface area contributed by atoms with Crippen molar-refractivity contribution in [1.82, 2.24) is 9.29 Å². The van der Waals surface area contributed by atoms with E-state index in [-0.39, 0.29) is 0 Å². The topological polar surface area (TPSA) is 16.1 Å². The highest BCUT2D eigenvalue weighted by atomic mass is 32.1. The first-order chi connectivity index (χ1) is 6.29. The molecular formula is C10H14N2S. The van der Waals surface area contributed by atoms with E-state index >= 15 is 0 Å². The minimum Gasteiger partial charge on any atom is -0.259 e. The Balaban J connectivity index is 2.37. The van der Waals surface area contributed by atoms with Gasteiger partial charge in [0.15, 0.2) is 0 Å². The number of pyridine rings is 1. The summed E-state index contributed by atoms with van der Waals surface area (Å²) in [6.07, 6.45) is 5.45. The van der Waals surface area contributed by atoms with Crippen LogP contribution in [0.15, 0.2) is 18.3 Å². The predicted octanol–water partition coefficient (Wildman–Crippen LogP) is 2.24. The monoisotopic (exact) mass is 194 g/mol. The lowest BCUT2D eigenvalue weighted by atomic mass is 9.92. The van der Waals surface area contributed by atoms with Crippen LogP contribution in [-0.4, -0.2) is 16.3 Å². The van der Waals surface area contributed by atoms with E-state index < -0.39 is 0 Å². The van der Waals surface area contributed by atoms with E-state index in [1.807, 2.05) is 23.6 Å². The smallest absolute Gasteiger partial charge is 0.0621 e. The first-order valence-electron chi connectivity index (χ1n) is 4.64. The molecule has 13 heavy (non-hydrogen) atoms. The summed E-state index contributed by atoms with van der Waals surface area (Å²) in [5.41, 5.74) is 2.60. The minimum absolute atomic E-state index is 0.397. The molecule has 1 atom stereocenters. The minimum atomic E-state index is 0.397. The molecule has 0 saturated carbocycles. The molecule has 0 saturated heterocycles. The molecule has 0 bridgehead atoms. The molecule has 2 nitrogen and oxygen atoms in total. The van der Waals surface area contributed by atoms with Crippen molar-refractivity contribution in [3.8, 4) is 0 Å². The van der Waals surface area contributed by atoms with Crippen LogP contribution in [0.3, 0.4) is 0 Å². The van der Waals surface area contributed by atoms with Crippen LogP contribution in [-0.2, 0) is 6.42 Å². The van der Waals surface area contributed by atoms with Crippen molar-refractivity contribution in [2.75, 3.05) is 7.05 Å². The first-order valence-corrected chi connectivity index (χ1v) is 5.04. The molecule has 1 heterocycles. The van der Waals surface area contributed by atoms with Gasteiger partial charge in [-0.3, -0.25) is 4.98 Å². The lowest BCUT2D eigenvalue weighted by molar-refractivity contribution is 0.363. The number of nitrogens with zero attached hydrogens (tertiary/aromatic N) is 2. The third kappa shape index (κ3) is 1.71. The highest BCUT2D eigenvalue weighted by molar-refractivity contribution is 7.77. The van der Waals surface area contributed by atoms with Gasteiger partial charge in [-0.25, -0.2) is 4.31 Å². The number of hydrogen-bond acceptors (Lipinski definition) is 3. The molecule has 0 aromatic carbocycles. The summed E-state index contributed by atoms with van der Waals surface area (Å²) in [5.74, 6) is 0. The Morgan fingerprint density at radius 2 is 2.46 bits per heavy atom. The molecule has 3 heteroatoms. The fourth-order valence-corrected chi connectivity index (χ4v) is 2.17. The van der Waals surface area contributed by atoms with Crippen LogP contribution in [0.2, 0.25) is 0 Å². The van der Waals surface area contributed by atoms with Crippen LogP contribution < -0.4 is 0 Å². The summed E-state index contributed by atoms with van der Waals surface area (Å²) >= 11 is 4.36. The average Bonchev–Trinajstić information content (AvgIpc) is 2.17. The van der Waals surface area contributed by atoms with Crippen LogP contribution in [0.25, 0.3) is 0 Å². The molecular weight excluding hydrogens is 180 g/mol. The van der Waals surface area contributed by atoms with E-state index in [1.54, 1.807) is 0 Å². The Bertz CT molecular complexity index is 299. The van der Waals surface area contributed by atoms with E-state index in [9.17, 15) is 0 Å². The van der Waals surface area contributed by atoms with Gasteiger partial charge in [0, 0.05) is 6.20 Å². The molecule has 0 unspecified atom stereocenters. The van der Waals surface area contributed by atoms with Crippen molar-refractivity contribution in [3.05, 3.63) is 29.6 Å². The molecule has 1 aliphatic carbocycles. The second-order valence-electron chi connectivity index (χ2n) is 3.53. The summed E-state index contributed by atoms with van der Waals surface area (Å²) in [7, 11) is 2.00. The van der Waals surface area contributed by atoms with Crippen LogP contribution in [0, 0.1) is 0 Å². The Labute approximate surface area is 84.5 Å². The van der Waals surface area contributed by atoms with Crippen molar-refractivity contribution in [1.29, 1.82) is 0 Å². The first kappa shape index (κ1) is 9.03. The van der Waals surface area contributed by atoms with Gasteiger partial charge in [0.2, 0.25) is 0 Å². The SMILES string of the molecule is CN(S)[C@H]1CCCc2cccnc21. The summed E-state index contributed by atoms with van der Waals surface area (Å²) in [5, 5.41) is 0. The summed E-state index contributed by atoms with van der Waals surface area (Å²) < 4.78 is 1.96. The maximum absolute atomic E-state index is 4.43. The fraction of sp³-hybridized carbons (Fsp3) is 0.500. The molecule has 2 rings (SSSR count). The molecule has 1 aliphatic rings. The lowest BCUT2D eigenvalue weighted by Crippen LogP contribution is -2.21. The molecule has 0 aliphatic heterocycles. The maximum atomic E-state index is 4.43. The van der Waals surface area contributed by atoms with Gasteiger partial charge in [-0.15, -0.1) is 0 Å². The van der Waals surface area contributed by atoms with Gasteiger partial charge in [0.1, 0.15) is 0 Å². The molecule has 70 valence electrons. The Morgan fingerprint density at radius 3 is 3.23 bits per heavy atom. The third-order valence-electron chi connectivity index (χ3n) is 2.62. The normalized spacial score (nSPS) is 21.6. The van der Waals surface area contributed by atoms with E-state index in [0.717, 1.165) is 0 Å². The second kappa shape index (κ2) is 3.68. The fourth-order valence-electron chi connectivity index (χ4n) is 1.95. The van der Waals surface area contributed by atoms with Gasteiger partial charge < -0.3 is 0 Å². The Hall–Kier alpha value is -0.540. The number of aryl methyl sites for hydroxylation is 1. The van der Waals surface area contributed by atoms with Crippen molar-refractivity contribution < 1.29 is 0 Å². The number of rotatable bonds is 1. The summed E-state index contributed by atoms with van der Waals surface area (Å²) in [6, 6.07) is 4.58. The molecule has 0 spiro atoms. The van der Waals surface area contributed by atoms with Gasteiger partial charge in [-0.05, 0) is 37.9 Å². The van der Waals surface area contributed by atoms with Crippen LogP contribution in [0.1, 0.15) is 30.1 Å². The predicted molar refractivity (Wildman–Crippen MR) is 56.7 cm³/mol. The van der Waals surface area contributed by atoms with Crippen molar-refractivity contribution in [2.45, 2.75) is 25.3 Å². The zero-order valence-electron chi connectivity index (χ0n) is 7.77. The van der Waals surface area contributed by atoms with Crippen molar-refractivity contribution >= 4 is 12.8 Å². The molecule has 1 aromatic heterocycles.